The van der Waals surface area contributed by atoms with Gasteiger partial charge < -0.3 is 10.1 Å². The Balaban J connectivity index is 2.17. The van der Waals surface area contributed by atoms with Crippen LogP contribution in [0.5, 0.6) is 0 Å². The molecule has 2 rings (SSSR count). The number of azo groups is 1. The number of aryl methyl sites for hydroxylation is 1. The van der Waals surface area contributed by atoms with E-state index in [0.717, 1.165) is 22.6 Å². The number of hydrogen-bond donors (Lipinski definition) is 0. The van der Waals surface area contributed by atoms with Gasteiger partial charge in [0.05, 0.1) is 5.11 Å². The van der Waals surface area contributed by atoms with Gasteiger partial charge in [-0.15, -0.1) is 0 Å². The SMILES string of the molecule is CCN(C)c1ccc(N=Nc2cccc(C)[n+]2[O-])cc1. The summed E-state index contributed by atoms with van der Waals surface area (Å²) >= 11 is 0. The summed E-state index contributed by atoms with van der Waals surface area (Å²) in [6.45, 7) is 4.78. The first-order valence-corrected chi connectivity index (χ1v) is 6.54. The van der Waals surface area contributed by atoms with Crippen LogP contribution >= 0.6 is 0 Å². The van der Waals surface area contributed by atoms with Gasteiger partial charge >= 0.3 is 5.82 Å². The van der Waals surface area contributed by atoms with Gasteiger partial charge in [0.25, 0.3) is 0 Å². The minimum atomic E-state index is 0.291. The van der Waals surface area contributed by atoms with Gasteiger partial charge in [0.15, 0.2) is 0 Å². The molecule has 104 valence electrons. The van der Waals surface area contributed by atoms with Gasteiger partial charge in [-0.3, -0.25) is 0 Å². The van der Waals surface area contributed by atoms with Crippen molar-refractivity contribution >= 4 is 17.2 Å². The van der Waals surface area contributed by atoms with Crippen molar-refractivity contribution in [1.82, 2.24) is 0 Å². The molecule has 0 N–H and O–H groups in total. The fourth-order valence-electron chi connectivity index (χ4n) is 1.73. The summed E-state index contributed by atoms with van der Waals surface area (Å²) < 4.78 is 0.767. The molecule has 1 heterocycles. The second-order valence-electron chi connectivity index (χ2n) is 4.55. The van der Waals surface area contributed by atoms with Crippen LogP contribution in [0.1, 0.15) is 12.6 Å². The van der Waals surface area contributed by atoms with Gasteiger partial charge in [-0.1, -0.05) is 0 Å². The number of anilines is 1. The lowest BCUT2D eigenvalue weighted by Gasteiger charge is -2.16. The number of pyridine rings is 1. The quantitative estimate of drug-likeness (QED) is 0.485. The zero-order valence-electron chi connectivity index (χ0n) is 11.9. The fourth-order valence-corrected chi connectivity index (χ4v) is 1.73. The lowest BCUT2D eigenvalue weighted by Crippen LogP contribution is -2.29. The largest absolute Gasteiger partial charge is 0.710 e. The molecule has 20 heavy (non-hydrogen) atoms. The summed E-state index contributed by atoms with van der Waals surface area (Å²) in [4.78, 5) is 2.13. The van der Waals surface area contributed by atoms with Crippen molar-refractivity contribution in [1.29, 1.82) is 0 Å². The van der Waals surface area contributed by atoms with Crippen LogP contribution in [0.2, 0.25) is 0 Å². The molecule has 0 unspecified atom stereocenters. The molecule has 5 heteroatoms. The van der Waals surface area contributed by atoms with E-state index in [4.69, 9.17) is 0 Å². The normalized spacial score (nSPS) is 10.9. The maximum Gasteiger partial charge on any atom is 0.353 e. The van der Waals surface area contributed by atoms with Crippen LogP contribution in [0.25, 0.3) is 0 Å². The second kappa shape index (κ2) is 6.14. The molecular formula is C15H18N4O. The van der Waals surface area contributed by atoms with E-state index in [-0.39, 0.29) is 0 Å². The maximum absolute atomic E-state index is 11.7. The minimum Gasteiger partial charge on any atom is -0.710 e. The molecule has 0 aliphatic heterocycles. The average Bonchev–Trinajstić information content (AvgIpc) is 2.48. The molecule has 0 amide bonds. The van der Waals surface area contributed by atoms with Crippen molar-refractivity contribution in [3.8, 4) is 0 Å². The van der Waals surface area contributed by atoms with E-state index in [1.807, 2.05) is 31.3 Å². The molecule has 0 fully saturated rings. The molecule has 5 nitrogen and oxygen atoms in total. The fraction of sp³-hybridized carbons (Fsp3) is 0.267. The molecule has 0 saturated carbocycles. The number of aromatic nitrogens is 1. The highest BCUT2D eigenvalue weighted by molar-refractivity contribution is 5.52. The zero-order chi connectivity index (χ0) is 14.5. The first kappa shape index (κ1) is 14.0. The molecule has 0 aliphatic carbocycles. The van der Waals surface area contributed by atoms with Crippen molar-refractivity contribution in [3.05, 3.63) is 53.4 Å². The summed E-state index contributed by atoms with van der Waals surface area (Å²) in [6, 6.07) is 12.9. The Labute approximate surface area is 118 Å². The number of hydrogen-bond acceptors (Lipinski definition) is 4. The predicted molar refractivity (Wildman–Crippen MR) is 79.7 cm³/mol. The van der Waals surface area contributed by atoms with Crippen LogP contribution in [0.15, 0.2) is 52.7 Å². The first-order chi connectivity index (χ1) is 9.61. The van der Waals surface area contributed by atoms with Gasteiger partial charge in [0, 0.05) is 25.3 Å². The van der Waals surface area contributed by atoms with Crippen molar-refractivity contribution in [2.45, 2.75) is 13.8 Å². The highest BCUT2D eigenvalue weighted by Crippen LogP contribution is 2.20. The van der Waals surface area contributed by atoms with Gasteiger partial charge in [0.2, 0.25) is 0 Å². The molecule has 1 aromatic heterocycles. The molecule has 0 aliphatic rings. The summed E-state index contributed by atoms with van der Waals surface area (Å²) in [5.41, 5.74) is 2.45. The van der Waals surface area contributed by atoms with E-state index in [1.165, 1.54) is 0 Å². The lowest BCUT2D eigenvalue weighted by atomic mass is 10.2. The van der Waals surface area contributed by atoms with Gasteiger partial charge in [-0.05, 0) is 55.4 Å². The molecule has 2 aromatic rings. The predicted octanol–water partition coefficient (Wildman–Crippen LogP) is 3.50. The minimum absolute atomic E-state index is 0.291. The maximum atomic E-state index is 11.7. The molecule has 0 radical (unpaired) electrons. The van der Waals surface area contributed by atoms with Crippen molar-refractivity contribution < 1.29 is 4.73 Å². The molecule has 1 aromatic carbocycles. The van der Waals surface area contributed by atoms with E-state index >= 15 is 0 Å². The van der Waals surface area contributed by atoms with Crippen molar-refractivity contribution in [2.24, 2.45) is 10.2 Å². The van der Waals surface area contributed by atoms with Crippen LogP contribution in [-0.4, -0.2) is 13.6 Å². The molecule has 0 saturated heterocycles. The highest BCUT2D eigenvalue weighted by atomic mass is 16.5. The summed E-state index contributed by atoms with van der Waals surface area (Å²) in [5, 5.41) is 19.8. The van der Waals surface area contributed by atoms with E-state index in [0.29, 0.717) is 11.5 Å². The third-order valence-electron chi connectivity index (χ3n) is 3.14. The van der Waals surface area contributed by atoms with Gasteiger partial charge in [-0.25, -0.2) is 4.73 Å². The Hall–Kier alpha value is -2.43. The average molecular weight is 270 g/mol. The molecule has 0 atom stereocenters. The molecule has 0 bridgehead atoms. The second-order valence-corrected chi connectivity index (χ2v) is 4.55. The number of rotatable bonds is 4. The van der Waals surface area contributed by atoms with E-state index in [2.05, 4.69) is 22.1 Å². The standard InChI is InChI=1S/C15H18N4O/c1-4-18(3)14-10-8-13(9-11-14)16-17-15-7-5-6-12(2)19(15)20/h5-11H,4H2,1-3H3. The molecule has 0 spiro atoms. The number of nitrogens with zero attached hydrogens (tertiary/aromatic N) is 4. The van der Waals surface area contributed by atoms with Crippen LogP contribution in [0.4, 0.5) is 17.2 Å². The van der Waals surface area contributed by atoms with E-state index in [9.17, 15) is 5.21 Å². The third-order valence-corrected chi connectivity index (χ3v) is 3.14. The summed E-state index contributed by atoms with van der Waals surface area (Å²) in [6.07, 6.45) is 0. The third kappa shape index (κ3) is 3.12. The van der Waals surface area contributed by atoms with Crippen LogP contribution in [-0.2, 0) is 0 Å². The topological polar surface area (TPSA) is 54.9 Å². The van der Waals surface area contributed by atoms with Crippen molar-refractivity contribution in [3.63, 3.8) is 0 Å². The summed E-state index contributed by atoms with van der Waals surface area (Å²) in [5.74, 6) is 0.291. The summed E-state index contributed by atoms with van der Waals surface area (Å²) in [7, 11) is 2.03. The Kier molecular flexibility index (Phi) is 4.30. The highest BCUT2D eigenvalue weighted by Gasteiger charge is 2.05. The Morgan fingerprint density at radius 1 is 1.10 bits per heavy atom. The monoisotopic (exact) mass is 270 g/mol. The van der Waals surface area contributed by atoms with Crippen LogP contribution in [0.3, 0.4) is 0 Å². The number of benzene rings is 1. The van der Waals surface area contributed by atoms with Gasteiger partial charge in [0.1, 0.15) is 11.4 Å². The lowest BCUT2D eigenvalue weighted by molar-refractivity contribution is -0.598. The Morgan fingerprint density at radius 2 is 1.80 bits per heavy atom. The Bertz CT molecular complexity index is 608. The first-order valence-electron chi connectivity index (χ1n) is 6.54. The zero-order valence-corrected chi connectivity index (χ0v) is 11.9. The van der Waals surface area contributed by atoms with Crippen LogP contribution < -0.4 is 9.63 Å². The smallest absolute Gasteiger partial charge is 0.353 e. The Morgan fingerprint density at radius 3 is 2.45 bits per heavy atom. The van der Waals surface area contributed by atoms with E-state index in [1.54, 1.807) is 25.1 Å². The van der Waals surface area contributed by atoms with Crippen LogP contribution in [0, 0.1) is 12.1 Å². The molecular weight excluding hydrogens is 252 g/mol. The van der Waals surface area contributed by atoms with E-state index < -0.39 is 0 Å². The van der Waals surface area contributed by atoms with Crippen molar-refractivity contribution in [2.75, 3.05) is 18.5 Å². The van der Waals surface area contributed by atoms with Gasteiger partial charge in [-0.2, -0.15) is 0 Å².